The smallest absolute Gasteiger partial charge is 0.292 e. The molecule has 0 radical (unpaired) electrons. The van der Waals surface area contributed by atoms with Gasteiger partial charge in [-0.25, -0.2) is 0 Å². The number of anilines is 1. The molecule has 1 aromatic rings. The summed E-state index contributed by atoms with van der Waals surface area (Å²) < 4.78 is 0. The Morgan fingerprint density at radius 1 is 1.52 bits per heavy atom. The molecule has 1 aromatic carbocycles. The lowest BCUT2D eigenvalue weighted by atomic mass is 10.1. The lowest BCUT2D eigenvalue weighted by molar-refractivity contribution is -0.384. The van der Waals surface area contributed by atoms with E-state index >= 15 is 0 Å². The van der Waals surface area contributed by atoms with E-state index in [1.54, 1.807) is 12.1 Å². The molecule has 0 heterocycles. The molecule has 1 unspecified atom stereocenters. The van der Waals surface area contributed by atoms with Crippen molar-refractivity contribution < 1.29 is 4.92 Å². The van der Waals surface area contributed by atoms with Gasteiger partial charge in [-0.1, -0.05) is 13.0 Å². The van der Waals surface area contributed by atoms with Gasteiger partial charge in [0, 0.05) is 25.2 Å². The summed E-state index contributed by atoms with van der Waals surface area (Å²) in [7, 11) is 1.91. The predicted molar refractivity (Wildman–Crippen MR) is 83.0 cm³/mol. The first kappa shape index (κ1) is 16.9. The van der Waals surface area contributed by atoms with Crippen LogP contribution in [0.1, 0.15) is 32.3 Å². The summed E-state index contributed by atoms with van der Waals surface area (Å²) in [5, 5.41) is 23.0. The molecule has 21 heavy (non-hydrogen) atoms. The minimum absolute atomic E-state index is 0.0993. The molecule has 6 nitrogen and oxygen atoms in total. The minimum Gasteiger partial charge on any atom is -0.380 e. The van der Waals surface area contributed by atoms with Gasteiger partial charge in [-0.05, 0) is 32.0 Å². The number of rotatable bonds is 8. The number of hydrogen-bond acceptors (Lipinski definition) is 5. The first-order chi connectivity index (χ1) is 9.99. The van der Waals surface area contributed by atoms with Gasteiger partial charge in [-0.2, -0.15) is 5.26 Å². The number of benzene rings is 1. The van der Waals surface area contributed by atoms with Gasteiger partial charge in [0.2, 0.25) is 0 Å². The van der Waals surface area contributed by atoms with Gasteiger partial charge in [0.05, 0.1) is 17.4 Å². The fourth-order valence-electron chi connectivity index (χ4n) is 1.97. The van der Waals surface area contributed by atoms with E-state index in [1.807, 2.05) is 31.9 Å². The summed E-state index contributed by atoms with van der Waals surface area (Å²) in [6, 6.07) is 7.50. The van der Waals surface area contributed by atoms with Crippen molar-refractivity contribution in [3.8, 4) is 6.07 Å². The van der Waals surface area contributed by atoms with Gasteiger partial charge in [0.25, 0.3) is 5.69 Å². The summed E-state index contributed by atoms with van der Waals surface area (Å²) in [6.07, 6.45) is 1.35. The van der Waals surface area contributed by atoms with E-state index in [1.165, 1.54) is 0 Å². The molecule has 0 amide bonds. The minimum atomic E-state index is -0.361. The van der Waals surface area contributed by atoms with Crippen LogP contribution in [0.5, 0.6) is 0 Å². The van der Waals surface area contributed by atoms with E-state index in [-0.39, 0.29) is 16.7 Å². The van der Waals surface area contributed by atoms with Crippen LogP contribution in [0.15, 0.2) is 18.2 Å². The lowest BCUT2D eigenvalue weighted by Gasteiger charge is -2.22. The van der Waals surface area contributed by atoms with Gasteiger partial charge in [0.1, 0.15) is 5.69 Å². The average Bonchev–Trinajstić information content (AvgIpc) is 2.45. The Bertz CT molecular complexity index is 525. The molecule has 0 fully saturated rings. The van der Waals surface area contributed by atoms with Gasteiger partial charge in [-0.3, -0.25) is 15.0 Å². The number of nitrogens with zero attached hydrogens (tertiary/aromatic N) is 3. The molecule has 0 spiro atoms. The Morgan fingerprint density at radius 2 is 2.24 bits per heavy atom. The van der Waals surface area contributed by atoms with E-state index < -0.39 is 0 Å². The molecule has 0 aliphatic rings. The second kappa shape index (κ2) is 8.22. The van der Waals surface area contributed by atoms with Crippen LogP contribution in [0.4, 0.5) is 11.4 Å². The van der Waals surface area contributed by atoms with E-state index in [9.17, 15) is 10.1 Å². The van der Waals surface area contributed by atoms with Crippen LogP contribution >= 0.6 is 0 Å². The number of hydrogen-bond donors (Lipinski definition) is 1. The Kier molecular flexibility index (Phi) is 6.63. The van der Waals surface area contributed by atoms with Crippen molar-refractivity contribution in [2.75, 3.05) is 18.9 Å². The summed E-state index contributed by atoms with van der Waals surface area (Å²) in [6.45, 7) is 5.27. The average molecular weight is 290 g/mol. The fraction of sp³-hybridized carbons (Fsp3) is 0.533. The molecule has 0 bridgehead atoms. The summed E-state index contributed by atoms with van der Waals surface area (Å²) in [5.41, 5.74) is 1.52. The predicted octanol–water partition coefficient (Wildman–Crippen LogP) is 3.15. The molecule has 0 saturated carbocycles. The van der Waals surface area contributed by atoms with Crippen molar-refractivity contribution in [1.82, 2.24) is 4.90 Å². The Balaban J connectivity index is 2.88. The van der Waals surface area contributed by atoms with Crippen LogP contribution in [-0.2, 0) is 6.54 Å². The maximum absolute atomic E-state index is 11.2. The standard InChI is InChI=1S/C15H22N4O2/c1-4-9-17-14-6-5-13(10-15(14)19(20)21)11-18(3)12(2)7-8-16/h5-6,10,12,17H,4,7,9,11H2,1-3H3. The Labute approximate surface area is 125 Å². The van der Waals surface area contributed by atoms with Crippen LogP contribution in [0.2, 0.25) is 0 Å². The third-order valence-corrected chi connectivity index (χ3v) is 3.40. The molecule has 6 heteroatoms. The first-order valence-electron chi connectivity index (χ1n) is 7.08. The maximum Gasteiger partial charge on any atom is 0.292 e. The Hall–Kier alpha value is -2.13. The molecule has 0 saturated heterocycles. The number of nitro benzene ring substituents is 1. The van der Waals surface area contributed by atoms with Crippen molar-refractivity contribution in [3.63, 3.8) is 0 Å². The highest BCUT2D eigenvalue weighted by atomic mass is 16.6. The van der Waals surface area contributed by atoms with Crippen molar-refractivity contribution in [3.05, 3.63) is 33.9 Å². The highest BCUT2D eigenvalue weighted by Crippen LogP contribution is 2.26. The fourth-order valence-corrected chi connectivity index (χ4v) is 1.97. The van der Waals surface area contributed by atoms with Crippen molar-refractivity contribution >= 4 is 11.4 Å². The van der Waals surface area contributed by atoms with Crippen LogP contribution < -0.4 is 5.32 Å². The van der Waals surface area contributed by atoms with Crippen molar-refractivity contribution in [2.45, 2.75) is 39.3 Å². The van der Waals surface area contributed by atoms with E-state index in [0.29, 0.717) is 25.2 Å². The topological polar surface area (TPSA) is 82.2 Å². The third-order valence-electron chi connectivity index (χ3n) is 3.40. The third kappa shape index (κ3) is 5.04. The highest BCUT2D eigenvalue weighted by molar-refractivity contribution is 5.62. The molecule has 1 N–H and O–H groups in total. The van der Waals surface area contributed by atoms with E-state index in [2.05, 4.69) is 11.4 Å². The van der Waals surface area contributed by atoms with E-state index in [0.717, 1.165) is 12.0 Å². The lowest BCUT2D eigenvalue weighted by Crippen LogP contribution is -2.28. The molecule has 1 rings (SSSR count). The number of nitriles is 1. The summed E-state index contributed by atoms with van der Waals surface area (Å²) in [4.78, 5) is 12.8. The largest absolute Gasteiger partial charge is 0.380 e. The molecule has 0 aromatic heterocycles. The van der Waals surface area contributed by atoms with Crippen LogP contribution in [0.25, 0.3) is 0 Å². The molecule has 114 valence electrons. The second-order valence-electron chi connectivity index (χ2n) is 5.16. The first-order valence-corrected chi connectivity index (χ1v) is 7.08. The molecular formula is C15H22N4O2. The Morgan fingerprint density at radius 3 is 2.81 bits per heavy atom. The van der Waals surface area contributed by atoms with E-state index in [4.69, 9.17) is 5.26 Å². The van der Waals surface area contributed by atoms with Crippen LogP contribution in [-0.4, -0.2) is 29.5 Å². The molecular weight excluding hydrogens is 268 g/mol. The van der Waals surface area contributed by atoms with Gasteiger partial charge >= 0.3 is 0 Å². The van der Waals surface area contributed by atoms with Crippen molar-refractivity contribution in [1.29, 1.82) is 5.26 Å². The van der Waals surface area contributed by atoms with Gasteiger partial charge in [0.15, 0.2) is 0 Å². The molecule has 0 aliphatic heterocycles. The second-order valence-corrected chi connectivity index (χ2v) is 5.16. The molecule has 0 aliphatic carbocycles. The zero-order valence-corrected chi connectivity index (χ0v) is 12.8. The van der Waals surface area contributed by atoms with Gasteiger partial charge < -0.3 is 5.32 Å². The monoisotopic (exact) mass is 290 g/mol. The zero-order valence-electron chi connectivity index (χ0n) is 12.8. The van der Waals surface area contributed by atoms with Crippen LogP contribution in [0, 0.1) is 21.4 Å². The highest BCUT2D eigenvalue weighted by Gasteiger charge is 2.16. The van der Waals surface area contributed by atoms with Crippen molar-refractivity contribution in [2.24, 2.45) is 0 Å². The van der Waals surface area contributed by atoms with Gasteiger partial charge in [-0.15, -0.1) is 0 Å². The quantitative estimate of drug-likeness (QED) is 0.587. The SMILES string of the molecule is CCCNc1ccc(CN(C)C(C)CC#N)cc1[N+](=O)[O-]. The maximum atomic E-state index is 11.2. The van der Waals surface area contributed by atoms with Crippen LogP contribution in [0.3, 0.4) is 0 Å². The normalized spacial score (nSPS) is 12.0. The number of nitrogens with one attached hydrogen (secondary N) is 1. The summed E-state index contributed by atoms with van der Waals surface area (Å²) >= 11 is 0. The number of nitro groups is 1. The molecule has 1 atom stereocenters. The summed E-state index contributed by atoms with van der Waals surface area (Å²) in [5.74, 6) is 0. The zero-order chi connectivity index (χ0) is 15.8.